The van der Waals surface area contributed by atoms with Crippen LogP contribution in [-0.4, -0.2) is 15.5 Å². The molecule has 34 heavy (non-hydrogen) atoms. The first-order chi connectivity index (χ1) is 16.5. The van der Waals surface area contributed by atoms with E-state index >= 15 is 0 Å². The molecule has 168 valence electrons. The molecule has 5 rings (SSSR count). The van der Waals surface area contributed by atoms with Crippen LogP contribution in [0.25, 0.3) is 16.6 Å². The van der Waals surface area contributed by atoms with Crippen molar-refractivity contribution in [2.75, 3.05) is 0 Å². The van der Waals surface area contributed by atoms with E-state index in [1.807, 2.05) is 35.7 Å². The second-order valence-electron chi connectivity index (χ2n) is 7.84. The molecular weight excluding hydrogens is 449 g/mol. The zero-order valence-corrected chi connectivity index (χ0v) is 19.1. The Morgan fingerprint density at radius 2 is 1.71 bits per heavy atom. The lowest BCUT2D eigenvalue weighted by molar-refractivity contribution is 0.0943. The minimum absolute atomic E-state index is 0.158. The van der Waals surface area contributed by atoms with Gasteiger partial charge in [0.2, 0.25) is 0 Å². The van der Waals surface area contributed by atoms with Gasteiger partial charge in [0.15, 0.2) is 0 Å². The van der Waals surface area contributed by atoms with Gasteiger partial charge in [-0.25, -0.2) is 9.37 Å². The molecule has 0 radical (unpaired) electrons. The van der Waals surface area contributed by atoms with Gasteiger partial charge in [0.25, 0.3) is 11.5 Å². The summed E-state index contributed by atoms with van der Waals surface area (Å²) in [6.45, 7) is 1.78. The fourth-order valence-electron chi connectivity index (χ4n) is 3.95. The summed E-state index contributed by atoms with van der Waals surface area (Å²) < 4.78 is 15.0. The second-order valence-corrected chi connectivity index (χ2v) is 8.82. The molecule has 0 fully saturated rings. The monoisotopic (exact) mass is 469 g/mol. The summed E-state index contributed by atoms with van der Waals surface area (Å²) >= 11 is 1.52. The van der Waals surface area contributed by atoms with Gasteiger partial charge in [0, 0.05) is 10.4 Å². The Labute approximate surface area is 199 Å². The number of nitrogens with zero attached hydrogens (tertiary/aromatic N) is 2. The lowest BCUT2D eigenvalue weighted by Crippen LogP contribution is -2.29. The van der Waals surface area contributed by atoms with Crippen LogP contribution in [0.3, 0.4) is 0 Å². The molecule has 0 bridgehead atoms. The molecule has 1 unspecified atom stereocenters. The first-order valence-electron chi connectivity index (χ1n) is 10.7. The molecule has 2 aromatic heterocycles. The molecule has 0 aliphatic carbocycles. The predicted molar refractivity (Wildman–Crippen MR) is 132 cm³/mol. The molecule has 1 atom stereocenters. The van der Waals surface area contributed by atoms with Crippen molar-refractivity contribution in [1.29, 1.82) is 0 Å². The van der Waals surface area contributed by atoms with Crippen molar-refractivity contribution in [2.24, 2.45) is 0 Å². The molecule has 0 saturated heterocycles. The molecule has 0 aliphatic rings. The van der Waals surface area contributed by atoms with Crippen molar-refractivity contribution in [3.8, 4) is 5.69 Å². The minimum Gasteiger partial charge on any atom is -0.340 e. The van der Waals surface area contributed by atoms with Gasteiger partial charge in [-0.3, -0.25) is 14.2 Å². The first kappa shape index (κ1) is 21.7. The SMILES string of the molecule is Cc1nc2ccccc2c(=O)n1-c1ccc(C(=O)NC(c2ccc(F)cc2)c2cccs2)cc1. The number of nitrogens with one attached hydrogen (secondary N) is 1. The molecule has 1 N–H and O–H groups in total. The van der Waals surface area contributed by atoms with Crippen LogP contribution in [0.4, 0.5) is 4.39 Å². The highest BCUT2D eigenvalue weighted by Gasteiger charge is 2.19. The highest BCUT2D eigenvalue weighted by Crippen LogP contribution is 2.27. The number of carbonyl (C=O) groups is 1. The van der Waals surface area contributed by atoms with Crippen molar-refractivity contribution >= 4 is 28.1 Å². The number of amides is 1. The Morgan fingerprint density at radius 1 is 0.971 bits per heavy atom. The highest BCUT2D eigenvalue weighted by molar-refractivity contribution is 7.10. The van der Waals surface area contributed by atoms with Crippen LogP contribution in [0.15, 0.2) is 95.1 Å². The number of benzene rings is 3. The molecule has 2 heterocycles. The smallest absolute Gasteiger partial charge is 0.265 e. The third-order valence-corrected chi connectivity index (χ3v) is 6.57. The van der Waals surface area contributed by atoms with E-state index in [1.54, 1.807) is 49.4 Å². The van der Waals surface area contributed by atoms with E-state index in [-0.39, 0.29) is 17.3 Å². The van der Waals surface area contributed by atoms with Crippen LogP contribution < -0.4 is 10.9 Å². The summed E-state index contributed by atoms with van der Waals surface area (Å²) in [5.41, 5.74) is 2.36. The van der Waals surface area contributed by atoms with Gasteiger partial charge in [-0.05, 0) is 72.5 Å². The summed E-state index contributed by atoms with van der Waals surface area (Å²) in [6.07, 6.45) is 0. The van der Waals surface area contributed by atoms with Crippen molar-refractivity contribution in [1.82, 2.24) is 14.9 Å². The number of hydrogen-bond acceptors (Lipinski definition) is 4. The summed E-state index contributed by atoms with van der Waals surface area (Å²) in [6, 6.07) is 23.6. The average molecular weight is 470 g/mol. The zero-order valence-electron chi connectivity index (χ0n) is 18.2. The number of thiophene rings is 1. The maximum absolute atomic E-state index is 13.4. The molecule has 0 aliphatic heterocycles. The number of hydrogen-bond donors (Lipinski definition) is 1. The van der Waals surface area contributed by atoms with Gasteiger partial charge >= 0.3 is 0 Å². The average Bonchev–Trinajstić information content (AvgIpc) is 3.38. The van der Waals surface area contributed by atoms with Gasteiger partial charge in [-0.2, -0.15) is 0 Å². The number of rotatable bonds is 5. The molecule has 0 saturated carbocycles. The van der Waals surface area contributed by atoms with Crippen LogP contribution in [0.5, 0.6) is 0 Å². The molecule has 7 heteroatoms. The van der Waals surface area contributed by atoms with E-state index in [2.05, 4.69) is 10.3 Å². The summed E-state index contributed by atoms with van der Waals surface area (Å²) in [7, 11) is 0. The Kier molecular flexibility index (Phi) is 5.77. The Morgan fingerprint density at radius 3 is 2.41 bits per heavy atom. The number of halogens is 1. The van der Waals surface area contributed by atoms with Gasteiger partial charge in [0.05, 0.1) is 22.6 Å². The quantitative estimate of drug-likeness (QED) is 0.374. The lowest BCUT2D eigenvalue weighted by atomic mass is 10.0. The van der Waals surface area contributed by atoms with Crippen molar-refractivity contribution in [2.45, 2.75) is 13.0 Å². The van der Waals surface area contributed by atoms with Crippen molar-refractivity contribution in [3.63, 3.8) is 0 Å². The molecule has 3 aromatic carbocycles. The third-order valence-electron chi connectivity index (χ3n) is 5.64. The van der Waals surface area contributed by atoms with Crippen LogP contribution in [0, 0.1) is 12.7 Å². The topological polar surface area (TPSA) is 64.0 Å². The van der Waals surface area contributed by atoms with E-state index in [9.17, 15) is 14.0 Å². The summed E-state index contributed by atoms with van der Waals surface area (Å²) in [5.74, 6) is -0.0331. The van der Waals surface area contributed by atoms with E-state index in [1.165, 1.54) is 28.0 Å². The molecular formula is C27H20FN3O2S. The first-order valence-corrected chi connectivity index (χ1v) is 11.6. The van der Waals surface area contributed by atoms with Crippen LogP contribution in [0.1, 0.15) is 32.7 Å². The highest BCUT2D eigenvalue weighted by atomic mass is 32.1. The number of para-hydroxylation sites is 1. The van der Waals surface area contributed by atoms with Gasteiger partial charge in [-0.1, -0.05) is 30.3 Å². The van der Waals surface area contributed by atoms with E-state index < -0.39 is 6.04 Å². The van der Waals surface area contributed by atoms with Crippen LogP contribution in [-0.2, 0) is 0 Å². The predicted octanol–water partition coefficient (Wildman–Crippen LogP) is 5.41. The van der Waals surface area contributed by atoms with E-state index in [0.29, 0.717) is 28.0 Å². The van der Waals surface area contributed by atoms with Gasteiger partial charge in [0.1, 0.15) is 11.6 Å². The summed E-state index contributed by atoms with van der Waals surface area (Å²) in [5, 5.41) is 5.52. The minimum atomic E-state index is -0.401. The Hall–Kier alpha value is -4.10. The standard InChI is InChI=1S/C27H20FN3O2S/c1-17-29-23-6-3-2-5-22(23)27(33)31(17)21-14-10-19(11-15-21)26(32)30-25(24-7-4-16-34-24)18-8-12-20(28)13-9-18/h2-16,25H,1H3,(H,30,32). The lowest BCUT2D eigenvalue weighted by Gasteiger charge is -2.18. The fraction of sp³-hybridized carbons (Fsp3) is 0.0741. The molecule has 0 spiro atoms. The normalized spacial score (nSPS) is 11.9. The number of aryl methyl sites for hydroxylation is 1. The molecule has 5 aromatic rings. The Bertz CT molecular complexity index is 1530. The second kappa shape index (κ2) is 9.03. The Balaban J connectivity index is 1.44. The van der Waals surface area contributed by atoms with Crippen molar-refractivity contribution < 1.29 is 9.18 Å². The summed E-state index contributed by atoms with van der Waals surface area (Å²) in [4.78, 5) is 31.6. The number of fused-ring (bicyclic) bond motifs is 1. The zero-order chi connectivity index (χ0) is 23.7. The van der Waals surface area contributed by atoms with Gasteiger partial charge < -0.3 is 5.32 Å². The molecule has 5 nitrogen and oxygen atoms in total. The number of carbonyl (C=O) groups excluding carboxylic acids is 1. The molecule has 1 amide bonds. The fourth-order valence-corrected chi connectivity index (χ4v) is 4.76. The number of aromatic nitrogens is 2. The largest absolute Gasteiger partial charge is 0.340 e. The third kappa shape index (κ3) is 4.13. The van der Waals surface area contributed by atoms with Gasteiger partial charge in [-0.15, -0.1) is 11.3 Å². The van der Waals surface area contributed by atoms with Crippen LogP contribution >= 0.6 is 11.3 Å². The maximum Gasteiger partial charge on any atom is 0.265 e. The van der Waals surface area contributed by atoms with Crippen LogP contribution in [0.2, 0.25) is 0 Å². The van der Waals surface area contributed by atoms with E-state index in [4.69, 9.17) is 0 Å². The maximum atomic E-state index is 13.4. The van der Waals surface area contributed by atoms with Crippen molar-refractivity contribution in [3.05, 3.63) is 128 Å². The van der Waals surface area contributed by atoms with E-state index in [0.717, 1.165) is 10.4 Å².